The van der Waals surface area contributed by atoms with Gasteiger partial charge in [0.1, 0.15) is 11.1 Å². The van der Waals surface area contributed by atoms with Gasteiger partial charge >= 0.3 is 5.63 Å². The zero-order valence-corrected chi connectivity index (χ0v) is 20.5. The molecule has 0 atom stereocenters. The summed E-state index contributed by atoms with van der Waals surface area (Å²) in [6.45, 7) is 0. The van der Waals surface area contributed by atoms with Crippen LogP contribution in [0.3, 0.4) is 0 Å². The summed E-state index contributed by atoms with van der Waals surface area (Å²) in [4.78, 5) is 30.5. The Morgan fingerprint density at radius 2 is 1.46 bits per heavy atom. The molecule has 6 nitrogen and oxygen atoms in total. The predicted molar refractivity (Wildman–Crippen MR) is 153 cm³/mol. The van der Waals surface area contributed by atoms with Crippen LogP contribution in [0.5, 0.6) is 0 Å². The van der Waals surface area contributed by atoms with Crippen LogP contribution in [-0.2, 0) is 0 Å². The molecule has 2 aromatic heterocycles. The lowest BCUT2D eigenvalue weighted by Gasteiger charge is -2.07. The van der Waals surface area contributed by atoms with E-state index in [2.05, 4.69) is 17.4 Å². The number of nitrogens with one attached hydrogen (secondary N) is 1. The standard InChI is InChI=1S/C33H20N2O4/c36-31(23-11-5-10-21(17-23)27-18-22-8-2-4-14-29(22)39-33(27)37)34-24-15-16-30-28(19-24)35-32(38-30)26-13-6-9-20-7-1-3-12-25(20)26/h1-19H,(H,34,36). The van der Waals surface area contributed by atoms with Crippen molar-refractivity contribution >= 4 is 44.4 Å². The summed E-state index contributed by atoms with van der Waals surface area (Å²) in [5, 5.41) is 5.90. The van der Waals surface area contributed by atoms with E-state index < -0.39 is 5.63 Å². The van der Waals surface area contributed by atoms with E-state index in [9.17, 15) is 9.59 Å². The van der Waals surface area contributed by atoms with Gasteiger partial charge in [-0.2, -0.15) is 0 Å². The van der Waals surface area contributed by atoms with Crippen molar-refractivity contribution in [3.8, 4) is 22.6 Å². The van der Waals surface area contributed by atoms with Crippen LogP contribution in [0.1, 0.15) is 10.4 Å². The lowest BCUT2D eigenvalue weighted by molar-refractivity contribution is 0.102. The molecule has 0 aliphatic rings. The van der Waals surface area contributed by atoms with Crippen LogP contribution in [-0.4, -0.2) is 10.9 Å². The molecule has 7 rings (SSSR count). The first-order chi connectivity index (χ1) is 19.1. The van der Waals surface area contributed by atoms with Crippen molar-refractivity contribution in [1.82, 2.24) is 4.98 Å². The molecular formula is C33H20N2O4. The molecule has 0 bridgehead atoms. The normalized spacial score (nSPS) is 11.3. The van der Waals surface area contributed by atoms with Crippen LogP contribution >= 0.6 is 0 Å². The molecule has 0 aliphatic carbocycles. The highest BCUT2D eigenvalue weighted by Crippen LogP contribution is 2.31. The number of benzene rings is 5. The number of para-hydroxylation sites is 1. The highest BCUT2D eigenvalue weighted by atomic mass is 16.4. The molecule has 7 aromatic rings. The number of fused-ring (bicyclic) bond motifs is 3. The van der Waals surface area contributed by atoms with E-state index in [1.54, 1.807) is 54.6 Å². The van der Waals surface area contributed by atoms with E-state index >= 15 is 0 Å². The fourth-order valence-electron chi connectivity index (χ4n) is 4.83. The van der Waals surface area contributed by atoms with Crippen LogP contribution in [0.4, 0.5) is 5.69 Å². The summed E-state index contributed by atoms with van der Waals surface area (Å²) in [6.07, 6.45) is 0. The van der Waals surface area contributed by atoms with E-state index in [1.165, 1.54) is 0 Å². The number of carbonyl (C=O) groups is 1. The van der Waals surface area contributed by atoms with Crippen LogP contribution in [0, 0.1) is 0 Å². The Kier molecular flexibility index (Phi) is 5.30. The van der Waals surface area contributed by atoms with E-state index in [0.29, 0.717) is 45.0 Å². The van der Waals surface area contributed by atoms with Crippen LogP contribution < -0.4 is 10.9 Å². The maximum atomic E-state index is 13.1. The highest BCUT2D eigenvalue weighted by Gasteiger charge is 2.14. The fraction of sp³-hybridized carbons (Fsp3) is 0. The second-order valence-electron chi connectivity index (χ2n) is 9.25. The van der Waals surface area contributed by atoms with Crippen molar-refractivity contribution in [2.75, 3.05) is 5.32 Å². The minimum Gasteiger partial charge on any atom is -0.436 e. The first-order valence-corrected chi connectivity index (χ1v) is 12.5. The first-order valence-electron chi connectivity index (χ1n) is 12.5. The average Bonchev–Trinajstić information content (AvgIpc) is 3.40. The van der Waals surface area contributed by atoms with Gasteiger partial charge in [-0.1, -0.05) is 66.7 Å². The smallest absolute Gasteiger partial charge is 0.344 e. The van der Waals surface area contributed by atoms with Crippen LogP contribution in [0.25, 0.3) is 55.4 Å². The van der Waals surface area contributed by atoms with Gasteiger partial charge in [-0.3, -0.25) is 4.79 Å². The summed E-state index contributed by atoms with van der Waals surface area (Å²) < 4.78 is 11.5. The van der Waals surface area contributed by atoms with Gasteiger partial charge < -0.3 is 14.2 Å². The van der Waals surface area contributed by atoms with E-state index in [-0.39, 0.29) is 5.91 Å². The first kappa shape index (κ1) is 22.7. The molecule has 0 unspecified atom stereocenters. The van der Waals surface area contributed by atoms with Gasteiger partial charge in [-0.25, -0.2) is 9.78 Å². The van der Waals surface area contributed by atoms with E-state index in [4.69, 9.17) is 13.8 Å². The molecular weight excluding hydrogens is 488 g/mol. The Hall–Kier alpha value is -5.49. The molecule has 1 amide bonds. The number of aromatic nitrogens is 1. The second kappa shape index (κ2) is 9.11. The molecule has 0 aliphatic heterocycles. The molecule has 186 valence electrons. The Labute approximate surface area is 222 Å². The molecule has 1 N–H and O–H groups in total. The van der Waals surface area contributed by atoms with Gasteiger partial charge in [0.05, 0.1) is 5.56 Å². The minimum absolute atomic E-state index is 0.306. The number of hydrogen-bond acceptors (Lipinski definition) is 5. The summed E-state index contributed by atoms with van der Waals surface area (Å²) in [6, 6.07) is 35.5. The molecule has 6 heteroatoms. The SMILES string of the molecule is O=C(Nc1ccc2oc(-c3cccc4ccccc34)nc2c1)c1cccc(-c2cc3ccccc3oc2=O)c1. The van der Waals surface area contributed by atoms with Gasteiger partial charge in [0, 0.05) is 22.2 Å². The third-order valence-electron chi connectivity index (χ3n) is 6.74. The molecule has 39 heavy (non-hydrogen) atoms. The largest absolute Gasteiger partial charge is 0.436 e. The van der Waals surface area contributed by atoms with E-state index in [0.717, 1.165) is 21.7 Å². The summed E-state index contributed by atoms with van der Waals surface area (Å²) in [5.41, 5.74) is 4.24. The number of oxazole rings is 1. The summed E-state index contributed by atoms with van der Waals surface area (Å²) >= 11 is 0. The third-order valence-corrected chi connectivity index (χ3v) is 6.74. The molecule has 2 heterocycles. The lowest BCUT2D eigenvalue weighted by Crippen LogP contribution is -2.12. The topological polar surface area (TPSA) is 85.3 Å². The quantitative estimate of drug-likeness (QED) is 0.247. The van der Waals surface area contributed by atoms with Crippen LogP contribution in [0.15, 0.2) is 129 Å². The van der Waals surface area contributed by atoms with Gasteiger partial charge in [0.15, 0.2) is 5.58 Å². The van der Waals surface area contributed by atoms with Crippen molar-refractivity contribution < 1.29 is 13.6 Å². The molecule has 0 saturated carbocycles. The molecule has 0 spiro atoms. The monoisotopic (exact) mass is 508 g/mol. The lowest BCUT2D eigenvalue weighted by atomic mass is 10.0. The zero-order chi connectivity index (χ0) is 26.3. The number of rotatable bonds is 4. The van der Waals surface area contributed by atoms with Gasteiger partial charge in [0.2, 0.25) is 5.89 Å². The minimum atomic E-state index is -0.454. The van der Waals surface area contributed by atoms with Gasteiger partial charge in [0.25, 0.3) is 5.91 Å². The number of hydrogen-bond donors (Lipinski definition) is 1. The van der Waals surface area contributed by atoms with Gasteiger partial charge in [-0.05, 0) is 64.9 Å². The molecule has 0 fully saturated rings. The van der Waals surface area contributed by atoms with E-state index in [1.807, 2.05) is 48.5 Å². The van der Waals surface area contributed by atoms with Crippen molar-refractivity contribution in [2.45, 2.75) is 0 Å². The second-order valence-corrected chi connectivity index (χ2v) is 9.25. The van der Waals surface area contributed by atoms with Crippen molar-refractivity contribution in [3.05, 3.63) is 131 Å². The predicted octanol–water partition coefficient (Wildman–Crippen LogP) is 7.67. The zero-order valence-electron chi connectivity index (χ0n) is 20.5. The Morgan fingerprint density at radius 1 is 0.667 bits per heavy atom. The van der Waals surface area contributed by atoms with Crippen LogP contribution in [0.2, 0.25) is 0 Å². The Morgan fingerprint density at radius 3 is 2.38 bits per heavy atom. The number of carbonyl (C=O) groups excluding carboxylic acids is 1. The number of anilines is 1. The number of nitrogens with zero attached hydrogens (tertiary/aromatic N) is 1. The Bertz CT molecular complexity index is 2100. The summed E-state index contributed by atoms with van der Waals surface area (Å²) in [5.74, 6) is 0.214. The van der Waals surface area contributed by atoms with Gasteiger partial charge in [-0.15, -0.1) is 0 Å². The van der Waals surface area contributed by atoms with Crippen molar-refractivity contribution in [2.24, 2.45) is 0 Å². The number of amides is 1. The highest BCUT2D eigenvalue weighted by molar-refractivity contribution is 6.05. The molecule has 0 radical (unpaired) electrons. The molecule has 0 saturated heterocycles. The summed E-state index contributed by atoms with van der Waals surface area (Å²) in [7, 11) is 0. The average molecular weight is 509 g/mol. The maximum Gasteiger partial charge on any atom is 0.344 e. The maximum absolute atomic E-state index is 13.1. The molecule has 5 aromatic carbocycles. The van der Waals surface area contributed by atoms with Crippen molar-refractivity contribution in [1.29, 1.82) is 0 Å². The third kappa shape index (κ3) is 4.14. The Balaban J connectivity index is 1.18. The van der Waals surface area contributed by atoms with Crippen molar-refractivity contribution in [3.63, 3.8) is 0 Å². The fourth-order valence-corrected chi connectivity index (χ4v) is 4.83.